The highest BCUT2D eigenvalue weighted by atomic mass is 19.4. The van der Waals surface area contributed by atoms with Gasteiger partial charge in [0.05, 0.1) is 23.7 Å². The van der Waals surface area contributed by atoms with E-state index in [1.54, 1.807) is 0 Å². The number of ether oxygens (including phenoxy) is 2. The topological polar surface area (TPSA) is 58.4 Å². The molecule has 0 spiro atoms. The number of nitrogens with zero attached hydrogens (tertiary/aromatic N) is 3. The Hall–Kier alpha value is -3.00. The van der Waals surface area contributed by atoms with Crippen LogP contribution in [0.1, 0.15) is 11.1 Å². The van der Waals surface area contributed by atoms with Gasteiger partial charge in [0.2, 0.25) is 6.23 Å². The van der Waals surface area contributed by atoms with E-state index in [0.29, 0.717) is 16.7 Å². The molecule has 2 heterocycles. The monoisotopic (exact) mass is 417 g/mol. The van der Waals surface area contributed by atoms with E-state index in [1.807, 2.05) is 0 Å². The predicted molar refractivity (Wildman–Crippen MR) is 88.0 cm³/mol. The minimum absolute atomic E-state index is 0.241. The number of halogens is 6. The van der Waals surface area contributed by atoms with Crippen molar-refractivity contribution < 1.29 is 35.8 Å². The Balaban J connectivity index is 1.85. The number of benzene rings is 1. The summed E-state index contributed by atoms with van der Waals surface area (Å²) in [6.07, 6.45) is -10.4. The molecule has 2 unspecified atom stereocenters. The highest BCUT2D eigenvalue weighted by Gasteiger charge is 2.51. The molecule has 2 aromatic rings. The number of anilines is 1. The van der Waals surface area contributed by atoms with Crippen molar-refractivity contribution in [3.63, 3.8) is 0 Å². The van der Waals surface area contributed by atoms with Gasteiger partial charge in [-0.05, 0) is 30.3 Å². The maximum absolute atomic E-state index is 13.4. The molecule has 3 rings (SSSR count). The molecule has 1 aliphatic rings. The van der Waals surface area contributed by atoms with E-state index in [4.69, 9.17) is 14.7 Å². The first-order valence-corrected chi connectivity index (χ1v) is 8.22. The van der Waals surface area contributed by atoms with Crippen LogP contribution in [0.25, 0.3) is 0 Å². The number of nitriles is 1. The van der Waals surface area contributed by atoms with Crippen LogP contribution in [-0.2, 0) is 10.9 Å². The second-order valence-corrected chi connectivity index (χ2v) is 6.14. The van der Waals surface area contributed by atoms with Crippen LogP contribution in [0.3, 0.4) is 0 Å². The van der Waals surface area contributed by atoms with Gasteiger partial charge in [-0.3, -0.25) is 4.98 Å². The second-order valence-electron chi connectivity index (χ2n) is 6.14. The van der Waals surface area contributed by atoms with Crippen LogP contribution in [-0.4, -0.2) is 36.6 Å². The van der Waals surface area contributed by atoms with Gasteiger partial charge < -0.3 is 14.4 Å². The van der Waals surface area contributed by atoms with Crippen LogP contribution >= 0.6 is 0 Å². The Morgan fingerprint density at radius 2 is 1.83 bits per heavy atom. The Morgan fingerprint density at radius 1 is 1.14 bits per heavy atom. The summed E-state index contributed by atoms with van der Waals surface area (Å²) in [6, 6.07) is 6.79. The number of hydrogen-bond acceptors (Lipinski definition) is 5. The van der Waals surface area contributed by atoms with Crippen molar-refractivity contribution in [3.8, 4) is 11.8 Å². The molecule has 1 saturated heterocycles. The van der Waals surface area contributed by atoms with Crippen molar-refractivity contribution in [1.82, 2.24) is 4.98 Å². The fourth-order valence-corrected chi connectivity index (χ4v) is 2.87. The van der Waals surface area contributed by atoms with Crippen molar-refractivity contribution in [2.75, 3.05) is 18.1 Å². The summed E-state index contributed by atoms with van der Waals surface area (Å²) >= 11 is 0. The second kappa shape index (κ2) is 7.79. The lowest BCUT2D eigenvalue weighted by atomic mass is 10.1. The molecule has 11 heteroatoms. The summed E-state index contributed by atoms with van der Waals surface area (Å²) in [5.74, 6) is 0.364. The van der Waals surface area contributed by atoms with Crippen LogP contribution in [0.2, 0.25) is 0 Å². The van der Waals surface area contributed by atoms with Crippen molar-refractivity contribution >= 4 is 5.69 Å². The molecule has 1 aromatic heterocycles. The molecule has 1 aromatic carbocycles. The van der Waals surface area contributed by atoms with E-state index >= 15 is 0 Å². The molecule has 0 radical (unpaired) electrons. The fraction of sp³-hybridized carbons (Fsp3) is 0.333. The van der Waals surface area contributed by atoms with Gasteiger partial charge in [-0.1, -0.05) is 0 Å². The van der Waals surface area contributed by atoms with Gasteiger partial charge in [-0.2, -0.15) is 31.6 Å². The van der Waals surface area contributed by atoms with Crippen LogP contribution < -0.4 is 9.64 Å². The molecule has 1 fully saturated rings. The summed E-state index contributed by atoms with van der Waals surface area (Å²) in [5.41, 5.74) is -2.34. The van der Waals surface area contributed by atoms with Gasteiger partial charge in [0.25, 0.3) is 0 Å². The van der Waals surface area contributed by atoms with Crippen molar-refractivity contribution in [2.45, 2.75) is 24.7 Å². The van der Waals surface area contributed by atoms with E-state index in [0.717, 1.165) is 12.1 Å². The summed E-state index contributed by atoms with van der Waals surface area (Å²) in [7, 11) is 0. The normalized spacial score (nSPS) is 19.8. The first-order valence-electron chi connectivity index (χ1n) is 8.22. The first kappa shape index (κ1) is 20.7. The highest BCUT2D eigenvalue weighted by Crippen LogP contribution is 2.39. The smallest absolute Gasteiger partial charge is 0.433 e. The molecule has 0 bridgehead atoms. The minimum Gasteiger partial charge on any atom is -0.491 e. The van der Waals surface area contributed by atoms with Crippen LogP contribution in [0.5, 0.6) is 5.75 Å². The van der Waals surface area contributed by atoms with Crippen molar-refractivity contribution in [1.29, 1.82) is 5.26 Å². The van der Waals surface area contributed by atoms with E-state index in [-0.39, 0.29) is 18.8 Å². The third-order valence-corrected chi connectivity index (χ3v) is 4.13. The van der Waals surface area contributed by atoms with Crippen LogP contribution in [0.15, 0.2) is 42.7 Å². The summed E-state index contributed by atoms with van der Waals surface area (Å²) in [6.45, 7) is -0.589. The van der Waals surface area contributed by atoms with Gasteiger partial charge in [0.15, 0.2) is 0 Å². The van der Waals surface area contributed by atoms with E-state index in [2.05, 4.69) is 4.98 Å². The Morgan fingerprint density at radius 3 is 2.41 bits per heavy atom. The zero-order valence-corrected chi connectivity index (χ0v) is 14.5. The molecular formula is C18H13F6N3O2. The number of alkyl halides is 6. The van der Waals surface area contributed by atoms with E-state index < -0.39 is 35.8 Å². The lowest BCUT2D eigenvalue weighted by Gasteiger charge is -2.27. The predicted octanol–water partition coefficient (Wildman–Crippen LogP) is 4.14. The molecule has 0 N–H and O–H groups in total. The van der Waals surface area contributed by atoms with Gasteiger partial charge in [-0.15, -0.1) is 0 Å². The number of aromatic nitrogens is 1. The van der Waals surface area contributed by atoms with Gasteiger partial charge in [0.1, 0.15) is 18.5 Å². The fourth-order valence-electron chi connectivity index (χ4n) is 2.87. The lowest BCUT2D eigenvalue weighted by Crippen LogP contribution is -2.42. The maximum Gasteiger partial charge on any atom is 0.433 e. The maximum atomic E-state index is 13.4. The molecule has 0 amide bonds. The van der Waals surface area contributed by atoms with Gasteiger partial charge in [0, 0.05) is 18.1 Å². The average Bonchev–Trinajstić information content (AvgIpc) is 3.11. The summed E-state index contributed by atoms with van der Waals surface area (Å²) < 4.78 is 90.2. The molecule has 2 atom stereocenters. The van der Waals surface area contributed by atoms with E-state index in [9.17, 15) is 26.3 Å². The molecule has 0 saturated carbocycles. The molecular weight excluding hydrogens is 404 g/mol. The van der Waals surface area contributed by atoms with E-state index in [1.165, 1.54) is 30.6 Å². The first-order chi connectivity index (χ1) is 13.6. The van der Waals surface area contributed by atoms with Crippen LogP contribution in [0, 0.1) is 11.3 Å². The quantitative estimate of drug-likeness (QED) is 0.700. The number of rotatable bonds is 4. The lowest BCUT2D eigenvalue weighted by molar-refractivity contribution is -0.215. The van der Waals surface area contributed by atoms with Gasteiger partial charge >= 0.3 is 12.4 Å². The molecule has 154 valence electrons. The molecule has 1 aliphatic heterocycles. The Kier molecular flexibility index (Phi) is 5.57. The largest absolute Gasteiger partial charge is 0.491 e. The highest BCUT2D eigenvalue weighted by molar-refractivity contribution is 5.56. The SMILES string of the molecule is N#Cc1ccc(N2CC(COc3ccncc3)OC2C(F)(F)F)cc1C(F)(F)F. The van der Waals surface area contributed by atoms with Crippen LogP contribution in [0.4, 0.5) is 32.0 Å². The summed E-state index contributed by atoms with van der Waals surface area (Å²) in [4.78, 5) is 4.46. The van der Waals surface area contributed by atoms with Crippen molar-refractivity contribution in [3.05, 3.63) is 53.9 Å². The third-order valence-electron chi connectivity index (χ3n) is 4.13. The summed E-state index contributed by atoms with van der Waals surface area (Å²) in [5, 5.41) is 8.85. The number of hydrogen-bond donors (Lipinski definition) is 0. The average molecular weight is 417 g/mol. The molecule has 5 nitrogen and oxygen atoms in total. The van der Waals surface area contributed by atoms with Gasteiger partial charge in [-0.25, -0.2) is 0 Å². The minimum atomic E-state index is -4.89. The third kappa shape index (κ3) is 4.71. The standard InChI is InChI=1S/C18H13F6N3O2/c19-17(20,21)15-7-12(2-1-11(15)8-25)27-9-14(29-16(27)18(22,23)24)10-28-13-3-5-26-6-4-13/h1-7,14,16H,9-10H2. The Labute approximate surface area is 161 Å². The van der Waals surface area contributed by atoms with Crippen molar-refractivity contribution in [2.24, 2.45) is 0 Å². The zero-order valence-electron chi connectivity index (χ0n) is 14.5. The zero-order chi connectivity index (χ0) is 21.2. The molecule has 0 aliphatic carbocycles. The molecule has 29 heavy (non-hydrogen) atoms. The number of pyridine rings is 1. The Bertz CT molecular complexity index is 895.